The molecule has 8 nitrogen and oxygen atoms in total. The first-order valence-electron chi connectivity index (χ1n) is 7.16. The van der Waals surface area contributed by atoms with Gasteiger partial charge in [-0.05, 0) is 26.0 Å². The molecule has 0 amide bonds. The van der Waals surface area contributed by atoms with Crippen LogP contribution in [0.4, 0.5) is 5.69 Å². The van der Waals surface area contributed by atoms with Crippen LogP contribution in [0.2, 0.25) is 0 Å². The number of anilines is 1. The van der Waals surface area contributed by atoms with Crippen molar-refractivity contribution in [3.05, 3.63) is 40.2 Å². The number of nitrogens with one attached hydrogen (secondary N) is 1. The molecular weight excluding hydrogens is 318 g/mol. The summed E-state index contributed by atoms with van der Waals surface area (Å²) < 4.78 is 14.5. The van der Waals surface area contributed by atoms with E-state index >= 15 is 0 Å². The molecule has 0 spiro atoms. The minimum Gasteiger partial charge on any atom is -0.502 e. The van der Waals surface area contributed by atoms with E-state index in [0.717, 1.165) is 12.1 Å². The molecule has 0 aromatic heterocycles. The Morgan fingerprint density at radius 1 is 1.21 bits per heavy atom. The number of aromatic hydroxyl groups is 1. The Morgan fingerprint density at radius 2 is 1.88 bits per heavy atom. The maximum absolute atomic E-state index is 12.0. The second-order valence-corrected chi connectivity index (χ2v) is 4.37. The molecular formula is C16H19NO7. The van der Waals surface area contributed by atoms with E-state index in [9.17, 15) is 19.5 Å². The van der Waals surface area contributed by atoms with Gasteiger partial charge in [0.25, 0.3) is 0 Å². The molecule has 0 fully saturated rings. The third kappa shape index (κ3) is 5.31. The van der Waals surface area contributed by atoms with E-state index in [1.54, 1.807) is 13.8 Å². The molecule has 1 aromatic carbocycles. The lowest BCUT2D eigenvalue weighted by molar-refractivity contribution is -0.140. The van der Waals surface area contributed by atoms with Crippen LogP contribution < -0.4 is 15.5 Å². The van der Waals surface area contributed by atoms with Crippen molar-refractivity contribution in [1.82, 2.24) is 0 Å². The van der Waals surface area contributed by atoms with E-state index < -0.39 is 23.1 Å². The number of rotatable bonds is 7. The molecule has 0 aliphatic heterocycles. The summed E-state index contributed by atoms with van der Waals surface area (Å²) >= 11 is 0. The van der Waals surface area contributed by atoms with Crippen LogP contribution in [0.1, 0.15) is 13.8 Å². The molecule has 0 unspecified atom stereocenters. The highest BCUT2D eigenvalue weighted by atomic mass is 16.5. The number of hydrogen-bond donors (Lipinski definition) is 2. The van der Waals surface area contributed by atoms with Crippen LogP contribution in [0, 0.1) is 0 Å². The van der Waals surface area contributed by atoms with Gasteiger partial charge in [-0.15, -0.1) is 0 Å². The fraction of sp³-hybridized carbons (Fsp3) is 0.312. The first-order valence-corrected chi connectivity index (χ1v) is 7.16. The lowest BCUT2D eigenvalue weighted by Gasteiger charge is -2.09. The molecule has 0 heterocycles. The zero-order chi connectivity index (χ0) is 18.1. The average Bonchev–Trinajstić information content (AvgIpc) is 2.68. The molecule has 1 rings (SSSR count). The van der Waals surface area contributed by atoms with Crippen molar-refractivity contribution in [2.45, 2.75) is 13.8 Å². The first kappa shape index (κ1) is 19.0. The summed E-state index contributed by atoms with van der Waals surface area (Å²) in [6.45, 7) is 3.50. The highest BCUT2D eigenvalue weighted by Gasteiger charge is 2.15. The summed E-state index contributed by atoms with van der Waals surface area (Å²) in [5.74, 6) is -2.17. The van der Waals surface area contributed by atoms with E-state index in [0.29, 0.717) is 0 Å². The SMILES string of the molecule is CCOC(=O)C=C(Nc1ccc(=O)c(O)c(OC)c1)C(=O)OCC. The molecule has 0 saturated heterocycles. The van der Waals surface area contributed by atoms with Gasteiger partial charge in [0, 0.05) is 11.8 Å². The Bertz CT molecular complexity index is 697. The third-order valence-corrected chi connectivity index (χ3v) is 2.71. The minimum absolute atomic E-state index is 0.0909. The smallest absolute Gasteiger partial charge is 0.355 e. The van der Waals surface area contributed by atoms with Gasteiger partial charge in [0.1, 0.15) is 5.70 Å². The molecule has 2 N–H and O–H groups in total. The van der Waals surface area contributed by atoms with Crippen molar-refractivity contribution < 1.29 is 28.9 Å². The summed E-state index contributed by atoms with van der Waals surface area (Å²) in [6.07, 6.45) is 0.943. The van der Waals surface area contributed by atoms with Crippen molar-refractivity contribution >= 4 is 17.6 Å². The number of carbonyl (C=O) groups is 2. The lowest BCUT2D eigenvalue weighted by atomic mass is 10.3. The van der Waals surface area contributed by atoms with Gasteiger partial charge in [-0.25, -0.2) is 9.59 Å². The molecule has 1 aromatic rings. The number of carbonyl (C=O) groups excluding carboxylic acids is 2. The van der Waals surface area contributed by atoms with Gasteiger partial charge >= 0.3 is 11.9 Å². The van der Waals surface area contributed by atoms with Gasteiger partial charge < -0.3 is 24.6 Å². The molecule has 0 saturated carbocycles. The molecule has 130 valence electrons. The Kier molecular flexibility index (Phi) is 7.28. The molecule has 0 aliphatic rings. The first-order chi connectivity index (χ1) is 11.4. The van der Waals surface area contributed by atoms with Crippen LogP contribution in [0.5, 0.6) is 11.5 Å². The van der Waals surface area contributed by atoms with Crippen molar-refractivity contribution in [2.75, 3.05) is 25.6 Å². The number of hydrogen-bond acceptors (Lipinski definition) is 8. The van der Waals surface area contributed by atoms with Gasteiger partial charge in [-0.2, -0.15) is 0 Å². The number of ether oxygens (including phenoxy) is 3. The van der Waals surface area contributed by atoms with Gasteiger partial charge in [0.2, 0.25) is 11.2 Å². The summed E-state index contributed by atoms with van der Waals surface area (Å²) in [5.41, 5.74) is -0.615. The zero-order valence-electron chi connectivity index (χ0n) is 13.6. The van der Waals surface area contributed by atoms with Gasteiger partial charge in [0.05, 0.1) is 26.4 Å². The van der Waals surface area contributed by atoms with Crippen LogP contribution in [-0.4, -0.2) is 37.4 Å². The van der Waals surface area contributed by atoms with Crippen LogP contribution in [0.15, 0.2) is 34.8 Å². The number of esters is 2. The quantitative estimate of drug-likeness (QED) is 0.564. The number of methoxy groups -OCH3 is 1. The molecule has 0 aliphatic carbocycles. The normalized spacial score (nSPS) is 10.7. The molecule has 0 bridgehead atoms. The molecule has 8 heteroatoms. The van der Waals surface area contributed by atoms with E-state index in [-0.39, 0.29) is 30.3 Å². The van der Waals surface area contributed by atoms with Crippen molar-refractivity contribution in [1.29, 1.82) is 0 Å². The fourth-order valence-electron chi connectivity index (χ4n) is 1.67. The topological polar surface area (TPSA) is 111 Å². The highest BCUT2D eigenvalue weighted by molar-refractivity contribution is 5.98. The summed E-state index contributed by atoms with van der Waals surface area (Å²) in [6, 6.07) is 3.71. The van der Waals surface area contributed by atoms with Gasteiger partial charge in [0.15, 0.2) is 5.75 Å². The summed E-state index contributed by atoms with van der Waals surface area (Å²) in [4.78, 5) is 35.1. The molecule has 0 atom stereocenters. The maximum atomic E-state index is 12.0. The van der Waals surface area contributed by atoms with Crippen LogP contribution in [0.3, 0.4) is 0 Å². The van der Waals surface area contributed by atoms with Crippen molar-refractivity contribution in [2.24, 2.45) is 0 Å². The zero-order valence-corrected chi connectivity index (χ0v) is 13.6. The van der Waals surface area contributed by atoms with Crippen molar-refractivity contribution in [3.8, 4) is 11.5 Å². The second kappa shape index (κ2) is 9.19. The summed E-state index contributed by atoms with van der Waals surface area (Å²) in [5, 5.41) is 12.3. The summed E-state index contributed by atoms with van der Waals surface area (Å²) in [7, 11) is 1.28. The monoisotopic (exact) mass is 337 g/mol. The Labute approximate surface area is 138 Å². The molecule has 24 heavy (non-hydrogen) atoms. The van der Waals surface area contributed by atoms with Gasteiger partial charge in [-0.1, -0.05) is 0 Å². The fourth-order valence-corrected chi connectivity index (χ4v) is 1.67. The lowest BCUT2D eigenvalue weighted by Crippen LogP contribution is -2.17. The minimum atomic E-state index is -0.775. The maximum Gasteiger partial charge on any atom is 0.355 e. The van der Waals surface area contributed by atoms with Crippen LogP contribution >= 0.6 is 0 Å². The van der Waals surface area contributed by atoms with E-state index in [4.69, 9.17) is 14.2 Å². The van der Waals surface area contributed by atoms with E-state index in [2.05, 4.69) is 5.32 Å². The Morgan fingerprint density at radius 3 is 2.46 bits per heavy atom. The molecule has 0 radical (unpaired) electrons. The largest absolute Gasteiger partial charge is 0.502 e. The average molecular weight is 337 g/mol. The standard InChI is InChI=1S/C16H19NO7/c1-4-23-14(19)9-11(16(21)24-5-2)17-10-6-7-12(18)15(20)13(8-10)22-3/h6-9,17H,4-5H2,1-3H3,(H,18,20). The Balaban J connectivity index is 3.24. The van der Waals surface area contributed by atoms with Crippen LogP contribution in [0.25, 0.3) is 0 Å². The van der Waals surface area contributed by atoms with E-state index in [1.165, 1.54) is 19.2 Å². The van der Waals surface area contributed by atoms with E-state index in [1.807, 2.05) is 0 Å². The predicted octanol–water partition coefficient (Wildman–Crippen LogP) is 1.18. The predicted molar refractivity (Wildman–Crippen MR) is 85.9 cm³/mol. The van der Waals surface area contributed by atoms with Crippen molar-refractivity contribution in [3.63, 3.8) is 0 Å². The highest BCUT2D eigenvalue weighted by Crippen LogP contribution is 2.24. The second-order valence-electron chi connectivity index (χ2n) is 4.37. The third-order valence-electron chi connectivity index (χ3n) is 2.71. The van der Waals surface area contributed by atoms with Gasteiger partial charge in [-0.3, -0.25) is 4.79 Å². The Hall–Kier alpha value is -3.03. The van der Waals surface area contributed by atoms with Crippen LogP contribution in [-0.2, 0) is 19.1 Å².